The zero-order valence-electron chi connectivity index (χ0n) is 19.2. The van der Waals surface area contributed by atoms with Crippen LogP contribution in [0, 0.1) is 5.92 Å². The first-order valence-electron chi connectivity index (χ1n) is 10.8. The van der Waals surface area contributed by atoms with E-state index >= 15 is 0 Å². The number of ether oxygens (including phenoxy) is 3. The highest BCUT2D eigenvalue weighted by Crippen LogP contribution is 2.44. The lowest BCUT2D eigenvalue weighted by Gasteiger charge is -2.33. The van der Waals surface area contributed by atoms with Crippen LogP contribution in [-0.4, -0.2) is 35.3 Å². The summed E-state index contributed by atoms with van der Waals surface area (Å²) in [5, 5.41) is 0. The molecule has 2 aliphatic rings. The Morgan fingerprint density at radius 1 is 1.10 bits per heavy atom. The largest absolute Gasteiger partial charge is 0.460 e. The second kappa shape index (κ2) is 9.46. The van der Waals surface area contributed by atoms with Gasteiger partial charge in [-0.05, 0) is 72.8 Å². The van der Waals surface area contributed by atoms with E-state index in [4.69, 9.17) is 14.2 Å². The van der Waals surface area contributed by atoms with Crippen molar-refractivity contribution in [2.45, 2.75) is 110 Å². The predicted octanol–water partition coefficient (Wildman–Crippen LogP) is 5.28. The molecular formula is C24H38O5. The maximum Gasteiger partial charge on any atom is 0.303 e. The average molecular weight is 407 g/mol. The Morgan fingerprint density at radius 3 is 2.38 bits per heavy atom. The number of carbonyl (C=O) groups excluding carboxylic acids is 2. The molecule has 0 bridgehead atoms. The molecule has 1 fully saturated rings. The molecule has 0 amide bonds. The van der Waals surface area contributed by atoms with Gasteiger partial charge in [-0.1, -0.05) is 17.2 Å². The van der Waals surface area contributed by atoms with Crippen molar-refractivity contribution in [3.05, 3.63) is 23.3 Å². The van der Waals surface area contributed by atoms with Gasteiger partial charge in [0.1, 0.15) is 11.7 Å². The van der Waals surface area contributed by atoms with E-state index in [9.17, 15) is 9.59 Å². The van der Waals surface area contributed by atoms with Crippen molar-refractivity contribution < 1.29 is 23.8 Å². The molecule has 1 saturated heterocycles. The molecule has 4 atom stereocenters. The molecule has 0 unspecified atom stereocenters. The van der Waals surface area contributed by atoms with Crippen LogP contribution in [0.1, 0.15) is 87.0 Å². The van der Waals surface area contributed by atoms with Crippen molar-refractivity contribution in [3.63, 3.8) is 0 Å². The van der Waals surface area contributed by atoms with Gasteiger partial charge in [0, 0.05) is 26.2 Å². The lowest BCUT2D eigenvalue weighted by Crippen LogP contribution is -2.36. The molecule has 0 aromatic rings. The summed E-state index contributed by atoms with van der Waals surface area (Å²) in [5.41, 5.74) is 1.76. The van der Waals surface area contributed by atoms with Crippen LogP contribution in [0.2, 0.25) is 0 Å². The molecule has 0 spiro atoms. The topological polar surface area (TPSA) is 65.1 Å². The van der Waals surface area contributed by atoms with Crippen LogP contribution in [0.25, 0.3) is 0 Å². The van der Waals surface area contributed by atoms with Crippen molar-refractivity contribution in [1.82, 2.24) is 0 Å². The molecule has 0 aromatic heterocycles. The first-order chi connectivity index (χ1) is 13.4. The fourth-order valence-electron chi connectivity index (χ4n) is 4.39. The number of esters is 2. The van der Waals surface area contributed by atoms with Gasteiger partial charge in [0.25, 0.3) is 0 Å². The van der Waals surface area contributed by atoms with Crippen LogP contribution < -0.4 is 0 Å². The van der Waals surface area contributed by atoms with Crippen LogP contribution in [0.5, 0.6) is 0 Å². The Hall–Kier alpha value is -1.62. The molecule has 1 aliphatic carbocycles. The predicted molar refractivity (Wildman–Crippen MR) is 113 cm³/mol. The minimum Gasteiger partial charge on any atom is -0.460 e. The maximum atomic E-state index is 11.6. The third-order valence-electron chi connectivity index (χ3n) is 6.26. The van der Waals surface area contributed by atoms with Crippen molar-refractivity contribution in [2.75, 3.05) is 0 Å². The van der Waals surface area contributed by atoms with Crippen LogP contribution >= 0.6 is 0 Å². The van der Waals surface area contributed by atoms with Gasteiger partial charge in [-0.2, -0.15) is 0 Å². The number of allylic oxidation sites excluding steroid dienone is 3. The summed E-state index contributed by atoms with van der Waals surface area (Å²) in [7, 11) is 0. The van der Waals surface area contributed by atoms with E-state index in [0.717, 1.165) is 32.1 Å². The molecule has 0 N–H and O–H groups in total. The SMILES string of the molecule is CC(=O)O[C@H]1/C=C(\C)CC[C@@H](C(C)(C)OC(C)=O)C/C=C(\C)CC[C@H]2O[C@]2(C)C1. The summed E-state index contributed by atoms with van der Waals surface area (Å²) in [5.74, 6) is -0.307. The summed E-state index contributed by atoms with van der Waals surface area (Å²) in [4.78, 5) is 23.2. The van der Waals surface area contributed by atoms with Crippen LogP contribution in [0.15, 0.2) is 23.3 Å². The first kappa shape index (κ1) is 23.7. The maximum absolute atomic E-state index is 11.6. The van der Waals surface area contributed by atoms with Gasteiger partial charge < -0.3 is 14.2 Å². The van der Waals surface area contributed by atoms with E-state index in [1.54, 1.807) is 0 Å². The van der Waals surface area contributed by atoms with E-state index in [0.29, 0.717) is 6.42 Å². The van der Waals surface area contributed by atoms with Crippen molar-refractivity contribution in [1.29, 1.82) is 0 Å². The number of epoxide rings is 1. The van der Waals surface area contributed by atoms with Crippen LogP contribution in [-0.2, 0) is 23.8 Å². The van der Waals surface area contributed by atoms with Crippen LogP contribution in [0.4, 0.5) is 0 Å². The number of hydrogen-bond acceptors (Lipinski definition) is 5. The fourth-order valence-corrected chi connectivity index (χ4v) is 4.39. The molecule has 0 saturated carbocycles. The Labute approximate surface area is 175 Å². The zero-order valence-corrected chi connectivity index (χ0v) is 19.2. The molecule has 164 valence electrons. The minimum absolute atomic E-state index is 0.203. The average Bonchev–Trinajstić information content (AvgIpc) is 3.19. The molecule has 1 aliphatic heterocycles. The monoisotopic (exact) mass is 406 g/mol. The quantitative estimate of drug-likeness (QED) is 0.362. The highest BCUT2D eigenvalue weighted by atomic mass is 16.6. The lowest BCUT2D eigenvalue weighted by molar-refractivity contribution is -0.159. The summed E-state index contributed by atoms with van der Waals surface area (Å²) in [6.07, 6.45) is 9.54. The molecule has 1 heterocycles. The third-order valence-corrected chi connectivity index (χ3v) is 6.26. The summed E-state index contributed by atoms with van der Waals surface area (Å²) >= 11 is 0. The van der Waals surface area contributed by atoms with Gasteiger partial charge in [0.05, 0.1) is 11.7 Å². The summed E-state index contributed by atoms with van der Waals surface area (Å²) in [6, 6.07) is 0. The summed E-state index contributed by atoms with van der Waals surface area (Å²) < 4.78 is 17.2. The van der Waals surface area contributed by atoms with E-state index < -0.39 is 5.60 Å². The van der Waals surface area contributed by atoms with Gasteiger partial charge in [-0.15, -0.1) is 0 Å². The number of carbonyl (C=O) groups is 2. The Morgan fingerprint density at radius 2 is 1.76 bits per heavy atom. The van der Waals surface area contributed by atoms with Gasteiger partial charge in [0.15, 0.2) is 0 Å². The van der Waals surface area contributed by atoms with Gasteiger partial charge in [-0.3, -0.25) is 9.59 Å². The molecule has 5 heteroatoms. The Bertz CT molecular complexity index is 675. The van der Waals surface area contributed by atoms with E-state index in [1.807, 2.05) is 13.8 Å². The van der Waals surface area contributed by atoms with E-state index in [1.165, 1.54) is 25.0 Å². The molecule has 29 heavy (non-hydrogen) atoms. The highest BCUT2D eigenvalue weighted by molar-refractivity contribution is 5.66. The Kier molecular flexibility index (Phi) is 7.72. The molecule has 0 radical (unpaired) electrons. The number of hydrogen-bond donors (Lipinski definition) is 0. The van der Waals surface area contributed by atoms with Gasteiger partial charge in [-0.25, -0.2) is 0 Å². The second-order valence-electron chi connectivity index (χ2n) is 9.54. The van der Waals surface area contributed by atoms with E-state index in [-0.39, 0.29) is 35.7 Å². The van der Waals surface area contributed by atoms with Gasteiger partial charge >= 0.3 is 11.9 Å². The number of fused-ring (bicyclic) bond motifs is 1. The fraction of sp³-hybridized carbons (Fsp3) is 0.750. The van der Waals surface area contributed by atoms with E-state index in [2.05, 4.69) is 32.9 Å². The van der Waals surface area contributed by atoms with Crippen molar-refractivity contribution >= 4 is 11.9 Å². The molecule has 5 nitrogen and oxygen atoms in total. The zero-order chi connectivity index (χ0) is 21.8. The smallest absolute Gasteiger partial charge is 0.303 e. The van der Waals surface area contributed by atoms with Crippen molar-refractivity contribution in [3.8, 4) is 0 Å². The first-order valence-corrected chi connectivity index (χ1v) is 10.8. The number of rotatable bonds is 3. The highest BCUT2D eigenvalue weighted by Gasteiger charge is 2.52. The van der Waals surface area contributed by atoms with Crippen LogP contribution in [0.3, 0.4) is 0 Å². The molecule has 0 aromatic carbocycles. The lowest BCUT2D eigenvalue weighted by atomic mass is 9.82. The molecule has 2 rings (SSSR count). The summed E-state index contributed by atoms with van der Waals surface area (Å²) in [6.45, 7) is 13.3. The standard InChI is InChI=1S/C24H38O5/c1-16-8-11-20(23(5,6)28-19(4)26)12-9-17(2)14-21(27-18(3)25)15-24(7)22(29-24)13-10-16/h8,14,20-22H,9-13,15H2,1-7H3/b16-8+,17-14+/t20-,21-,22+,24+/m0/s1. The minimum atomic E-state index is -0.534. The second-order valence-corrected chi connectivity index (χ2v) is 9.54. The normalized spacial score (nSPS) is 35.1. The van der Waals surface area contributed by atoms with Crippen molar-refractivity contribution in [2.24, 2.45) is 5.92 Å². The molecular weight excluding hydrogens is 368 g/mol. The van der Waals surface area contributed by atoms with Gasteiger partial charge in [0.2, 0.25) is 0 Å². The Balaban J connectivity index is 2.23. The third kappa shape index (κ3) is 7.29.